The molecule has 3 rings (SSSR count). The summed E-state index contributed by atoms with van der Waals surface area (Å²) in [6, 6.07) is 4.84. The maximum absolute atomic E-state index is 13.4. The molecule has 0 spiro atoms. The first-order chi connectivity index (χ1) is 14.1. The van der Waals surface area contributed by atoms with Gasteiger partial charge in [-0.25, -0.2) is 18.4 Å². The van der Waals surface area contributed by atoms with Crippen LogP contribution in [0.2, 0.25) is 0 Å². The SMILES string of the molecule is O=C(/C(=N/CO)Nc1ccc(F)c(Br)c1)C1CCN(SNC2CCOCC2)CC1. The number of nitrogens with one attached hydrogen (secondary N) is 2. The predicted molar refractivity (Wildman–Crippen MR) is 116 cm³/mol. The molecule has 1 aromatic rings. The molecule has 2 aliphatic heterocycles. The second-order valence-electron chi connectivity index (χ2n) is 7.07. The summed E-state index contributed by atoms with van der Waals surface area (Å²) in [5, 5.41) is 12.1. The van der Waals surface area contributed by atoms with E-state index in [-0.39, 0.29) is 23.4 Å². The summed E-state index contributed by atoms with van der Waals surface area (Å²) in [5.41, 5.74) is 0.535. The number of ether oxygens (including phenoxy) is 1. The molecular formula is C19H26BrFN4O3S. The molecule has 29 heavy (non-hydrogen) atoms. The largest absolute Gasteiger partial charge is 0.381 e. The first-order valence-electron chi connectivity index (χ1n) is 9.73. The number of ketones is 1. The van der Waals surface area contributed by atoms with Crippen molar-refractivity contribution in [2.24, 2.45) is 10.9 Å². The zero-order valence-corrected chi connectivity index (χ0v) is 18.5. The summed E-state index contributed by atoms with van der Waals surface area (Å²) in [6.45, 7) is 2.72. The maximum atomic E-state index is 13.4. The molecule has 0 bridgehead atoms. The van der Waals surface area contributed by atoms with Crippen LogP contribution in [0, 0.1) is 11.7 Å². The van der Waals surface area contributed by atoms with Gasteiger partial charge < -0.3 is 15.2 Å². The summed E-state index contributed by atoms with van der Waals surface area (Å²) in [4.78, 5) is 16.8. The summed E-state index contributed by atoms with van der Waals surface area (Å²) >= 11 is 4.76. The maximum Gasteiger partial charge on any atom is 0.200 e. The van der Waals surface area contributed by atoms with Crippen molar-refractivity contribution < 1.29 is 19.0 Å². The van der Waals surface area contributed by atoms with Crippen molar-refractivity contribution in [3.05, 3.63) is 28.5 Å². The van der Waals surface area contributed by atoms with Crippen LogP contribution in [0.15, 0.2) is 27.7 Å². The molecule has 0 radical (unpaired) electrons. The molecule has 7 nitrogen and oxygen atoms in total. The van der Waals surface area contributed by atoms with Crippen molar-refractivity contribution in [1.82, 2.24) is 9.03 Å². The van der Waals surface area contributed by atoms with Crippen molar-refractivity contribution in [3.8, 4) is 0 Å². The zero-order chi connectivity index (χ0) is 20.6. The van der Waals surface area contributed by atoms with Crippen molar-refractivity contribution in [3.63, 3.8) is 0 Å². The van der Waals surface area contributed by atoms with Crippen LogP contribution in [0.1, 0.15) is 25.7 Å². The molecule has 0 aromatic heterocycles. The lowest BCUT2D eigenvalue weighted by molar-refractivity contribution is -0.117. The number of carbonyl (C=O) groups excluding carboxylic acids is 1. The number of rotatable bonds is 7. The third-order valence-electron chi connectivity index (χ3n) is 5.04. The van der Waals surface area contributed by atoms with E-state index < -0.39 is 6.73 Å². The van der Waals surface area contributed by atoms with Gasteiger partial charge in [0.25, 0.3) is 0 Å². The fourth-order valence-electron chi connectivity index (χ4n) is 3.33. The average molecular weight is 489 g/mol. The average Bonchev–Trinajstić information content (AvgIpc) is 2.75. The number of aliphatic hydroxyl groups excluding tert-OH is 1. The second-order valence-corrected chi connectivity index (χ2v) is 8.85. The number of hydrogen-bond acceptors (Lipinski definition) is 7. The van der Waals surface area contributed by atoms with Crippen LogP contribution in [0.5, 0.6) is 0 Å². The first kappa shape index (κ1) is 22.6. The Hall–Kier alpha value is -1.04. The lowest BCUT2D eigenvalue weighted by Crippen LogP contribution is -2.40. The van der Waals surface area contributed by atoms with E-state index in [1.165, 1.54) is 18.2 Å². The third-order valence-corrected chi connectivity index (χ3v) is 6.71. The number of nitrogens with zero attached hydrogens (tertiary/aromatic N) is 2. The molecule has 2 fully saturated rings. The van der Waals surface area contributed by atoms with E-state index in [1.807, 2.05) is 0 Å². The van der Waals surface area contributed by atoms with Crippen LogP contribution in [-0.2, 0) is 9.53 Å². The topological polar surface area (TPSA) is 86.2 Å². The van der Waals surface area contributed by atoms with Gasteiger partial charge in [0.05, 0.1) is 4.47 Å². The summed E-state index contributed by atoms with van der Waals surface area (Å²) in [5.74, 6) is -0.558. The van der Waals surface area contributed by atoms with Crippen LogP contribution < -0.4 is 10.0 Å². The second kappa shape index (κ2) is 11.4. The normalized spacial score (nSPS) is 20.0. The van der Waals surface area contributed by atoms with Crippen molar-refractivity contribution in [2.45, 2.75) is 31.7 Å². The molecule has 3 N–H and O–H groups in total. The number of anilines is 1. The predicted octanol–water partition coefficient (Wildman–Crippen LogP) is 2.96. The molecule has 0 amide bonds. The number of benzene rings is 1. The zero-order valence-electron chi connectivity index (χ0n) is 16.1. The summed E-state index contributed by atoms with van der Waals surface area (Å²) in [6.07, 6.45) is 3.49. The molecular weight excluding hydrogens is 463 g/mol. The molecule has 0 atom stereocenters. The highest BCUT2D eigenvalue weighted by Gasteiger charge is 2.29. The van der Waals surface area contributed by atoms with E-state index >= 15 is 0 Å². The fraction of sp³-hybridized carbons (Fsp3) is 0.579. The van der Waals surface area contributed by atoms with E-state index in [4.69, 9.17) is 4.74 Å². The minimum absolute atomic E-state index is 0.109. The Labute approximate surface area is 182 Å². The number of amidine groups is 1. The summed E-state index contributed by atoms with van der Waals surface area (Å²) in [7, 11) is 0. The van der Waals surface area contributed by atoms with Crippen LogP contribution in [0.3, 0.4) is 0 Å². The van der Waals surface area contributed by atoms with Crippen molar-refractivity contribution in [1.29, 1.82) is 0 Å². The standard InChI is InChI=1S/C19H26BrFN4O3S/c20-16-11-15(1-2-17(16)21)23-19(22-12-26)18(27)13-3-7-25(8-4-13)29-24-14-5-9-28-10-6-14/h1-2,11,13-14,24,26H,3-10,12H2,(H,22,23). The van der Waals surface area contributed by atoms with Gasteiger partial charge in [-0.2, -0.15) is 0 Å². The minimum atomic E-state index is -0.486. The van der Waals surface area contributed by atoms with Gasteiger partial charge in [-0.1, -0.05) is 0 Å². The minimum Gasteiger partial charge on any atom is -0.381 e. The quantitative estimate of drug-likeness (QED) is 0.309. The lowest BCUT2D eigenvalue weighted by atomic mass is 9.93. The Morgan fingerprint density at radius 1 is 1.31 bits per heavy atom. The number of piperidine rings is 1. The number of aliphatic imine (C=N–C) groups is 1. The van der Waals surface area contributed by atoms with Crippen molar-refractivity contribution >= 4 is 45.4 Å². The first-order valence-corrected chi connectivity index (χ1v) is 11.3. The third kappa shape index (κ3) is 6.73. The van der Waals surface area contributed by atoms with Gasteiger partial charge in [0, 0.05) is 56.1 Å². The Bertz CT molecular complexity index is 725. The molecule has 160 valence electrons. The number of aliphatic hydroxyl groups is 1. The van der Waals surface area contributed by atoms with Crippen LogP contribution in [0.25, 0.3) is 0 Å². The highest BCUT2D eigenvalue weighted by Crippen LogP contribution is 2.25. The summed E-state index contributed by atoms with van der Waals surface area (Å²) < 4.78 is 24.8. The molecule has 2 saturated heterocycles. The Balaban J connectivity index is 1.50. The van der Waals surface area contributed by atoms with E-state index in [0.717, 1.165) is 52.0 Å². The highest BCUT2D eigenvalue weighted by atomic mass is 79.9. The highest BCUT2D eigenvalue weighted by molar-refractivity contribution is 9.10. The molecule has 0 saturated carbocycles. The van der Waals surface area contributed by atoms with E-state index in [1.54, 1.807) is 12.1 Å². The van der Waals surface area contributed by atoms with Crippen LogP contribution >= 0.6 is 28.1 Å². The lowest BCUT2D eigenvalue weighted by Gasteiger charge is -2.32. The van der Waals surface area contributed by atoms with E-state index in [0.29, 0.717) is 16.2 Å². The monoisotopic (exact) mass is 488 g/mol. The van der Waals surface area contributed by atoms with Crippen LogP contribution in [0.4, 0.5) is 10.1 Å². The van der Waals surface area contributed by atoms with E-state index in [2.05, 4.69) is 35.3 Å². The van der Waals surface area contributed by atoms with Gasteiger partial charge in [0.1, 0.15) is 12.5 Å². The van der Waals surface area contributed by atoms with E-state index in [9.17, 15) is 14.3 Å². The Kier molecular flexibility index (Phi) is 8.88. The number of hydrogen-bond donors (Lipinski definition) is 3. The van der Waals surface area contributed by atoms with Gasteiger partial charge >= 0.3 is 0 Å². The number of halogens is 2. The van der Waals surface area contributed by atoms with Gasteiger partial charge in [-0.3, -0.25) is 4.79 Å². The van der Waals surface area contributed by atoms with Gasteiger partial charge in [0.2, 0.25) is 5.78 Å². The Morgan fingerprint density at radius 2 is 2.03 bits per heavy atom. The molecule has 0 unspecified atom stereocenters. The van der Waals surface area contributed by atoms with Gasteiger partial charge in [-0.15, -0.1) is 0 Å². The molecule has 0 aliphatic carbocycles. The van der Waals surface area contributed by atoms with Crippen LogP contribution in [-0.4, -0.2) is 60.1 Å². The van der Waals surface area contributed by atoms with Gasteiger partial charge in [0.15, 0.2) is 5.84 Å². The molecule has 10 heteroatoms. The molecule has 2 heterocycles. The van der Waals surface area contributed by atoms with Crippen molar-refractivity contribution in [2.75, 3.05) is 38.4 Å². The molecule has 1 aromatic carbocycles. The molecule has 2 aliphatic rings. The number of carbonyl (C=O) groups is 1. The van der Waals surface area contributed by atoms with Gasteiger partial charge in [-0.05, 0) is 59.8 Å². The Morgan fingerprint density at radius 3 is 2.69 bits per heavy atom. The smallest absolute Gasteiger partial charge is 0.200 e. The number of Topliss-reactive ketones (excluding diaryl/α,β-unsaturated/α-hetero) is 1. The fourth-order valence-corrected chi connectivity index (χ4v) is 4.63.